The van der Waals surface area contributed by atoms with Crippen molar-refractivity contribution >= 4 is 23.4 Å². The summed E-state index contributed by atoms with van der Waals surface area (Å²) in [5, 5.41) is 14.6. The predicted molar refractivity (Wildman–Crippen MR) is 147 cm³/mol. The lowest BCUT2D eigenvalue weighted by atomic mass is 9.46. The Hall–Kier alpha value is -2.81. The average molecular weight is 554 g/mol. The first kappa shape index (κ1) is 28.7. The minimum atomic E-state index is -1.52. The Kier molecular flexibility index (Phi) is 8.06. The minimum absolute atomic E-state index is 0.00791. The number of aliphatic hydroxyl groups is 1. The number of aromatic nitrogens is 2. The van der Waals surface area contributed by atoms with E-state index in [2.05, 4.69) is 24.1 Å². The van der Waals surface area contributed by atoms with E-state index in [0.717, 1.165) is 51.5 Å². The summed E-state index contributed by atoms with van der Waals surface area (Å²) in [4.78, 5) is 53.8. The van der Waals surface area contributed by atoms with E-state index >= 15 is 0 Å². The predicted octanol–water partition coefficient (Wildman–Crippen LogP) is 3.54. The molecule has 1 amide bonds. The van der Waals surface area contributed by atoms with Gasteiger partial charge in [0.05, 0.1) is 12.7 Å². The van der Waals surface area contributed by atoms with E-state index in [-0.39, 0.29) is 35.9 Å². The second kappa shape index (κ2) is 11.2. The molecule has 0 saturated heterocycles. The van der Waals surface area contributed by atoms with E-state index in [1.54, 1.807) is 12.5 Å². The standard InChI is InChI=1S/C31H43N3O6/c1-29-11-8-22(35)18-21(29)4-5-23-24(29)9-12-30(2)25(23)10-13-31(30,39)26(36)19-40-28(38)7-6-27(37)33-14-3-16-34-17-15-32-20-34/h15,17-18,20,23-25,39H,3-14,16,19H2,1-2H3,(H,33,37)/t23-,24+,25+,29-,30-,31-/m0/s1. The van der Waals surface area contributed by atoms with Crippen LogP contribution in [0, 0.1) is 28.6 Å². The van der Waals surface area contributed by atoms with Crippen LogP contribution in [-0.4, -0.2) is 56.9 Å². The van der Waals surface area contributed by atoms with Gasteiger partial charge >= 0.3 is 5.97 Å². The number of hydrogen-bond donors (Lipinski definition) is 2. The van der Waals surface area contributed by atoms with Crippen LogP contribution in [0.5, 0.6) is 0 Å². The molecule has 5 rings (SSSR count). The summed E-state index contributed by atoms with van der Waals surface area (Å²) in [5.74, 6) is 0.0628. The van der Waals surface area contributed by atoms with Gasteiger partial charge in [0, 0.05) is 43.7 Å². The number of ether oxygens (including phenoxy) is 1. The van der Waals surface area contributed by atoms with E-state index in [1.807, 2.05) is 16.8 Å². The van der Waals surface area contributed by atoms with Crippen LogP contribution in [0.2, 0.25) is 0 Å². The number of esters is 1. The number of ketones is 2. The van der Waals surface area contributed by atoms with Crippen LogP contribution in [0.4, 0.5) is 0 Å². The van der Waals surface area contributed by atoms with Crippen LogP contribution in [0.3, 0.4) is 0 Å². The van der Waals surface area contributed by atoms with Crippen LogP contribution in [0.1, 0.15) is 84.5 Å². The number of carbonyl (C=O) groups excluding carboxylic acids is 4. The lowest BCUT2D eigenvalue weighted by Gasteiger charge is -2.58. The van der Waals surface area contributed by atoms with Crippen LogP contribution < -0.4 is 5.32 Å². The molecular formula is C31H43N3O6. The average Bonchev–Trinajstić information content (AvgIpc) is 3.55. The highest BCUT2D eigenvalue weighted by Crippen LogP contribution is 2.67. The number of carbonyl (C=O) groups is 4. The van der Waals surface area contributed by atoms with Gasteiger partial charge in [0.15, 0.2) is 12.4 Å². The molecule has 4 aliphatic carbocycles. The first-order valence-corrected chi connectivity index (χ1v) is 14.9. The number of hydrogen-bond acceptors (Lipinski definition) is 7. The summed E-state index contributed by atoms with van der Waals surface area (Å²) in [7, 11) is 0. The Balaban J connectivity index is 1.10. The zero-order valence-electron chi connectivity index (χ0n) is 23.8. The van der Waals surface area contributed by atoms with Crippen molar-refractivity contribution in [3.63, 3.8) is 0 Å². The van der Waals surface area contributed by atoms with Crippen molar-refractivity contribution in [2.75, 3.05) is 13.2 Å². The number of nitrogens with zero attached hydrogens (tertiary/aromatic N) is 2. The zero-order valence-corrected chi connectivity index (χ0v) is 23.8. The number of aryl methyl sites for hydroxylation is 1. The molecule has 0 spiro atoms. The molecule has 9 nitrogen and oxygen atoms in total. The summed E-state index contributed by atoms with van der Waals surface area (Å²) in [5.41, 5.74) is -0.746. The molecule has 9 heteroatoms. The monoisotopic (exact) mass is 553 g/mol. The molecule has 0 unspecified atom stereocenters. The zero-order chi connectivity index (χ0) is 28.5. The van der Waals surface area contributed by atoms with Gasteiger partial charge in [-0.2, -0.15) is 0 Å². The van der Waals surface area contributed by atoms with Crippen molar-refractivity contribution in [2.45, 2.75) is 96.6 Å². The summed E-state index contributed by atoms with van der Waals surface area (Å²) < 4.78 is 7.18. The van der Waals surface area contributed by atoms with Crippen molar-refractivity contribution in [3.05, 3.63) is 30.4 Å². The van der Waals surface area contributed by atoms with Gasteiger partial charge < -0.3 is 19.7 Å². The Morgan fingerprint density at radius 1 is 1.10 bits per heavy atom. The minimum Gasteiger partial charge on any atom is -0.458 e. The quantitative estimate of drug-likeness (QED) is 0.335. The molecule has 0 aromatic carbocycles. The van der Waals surface area contributed by atoms with Gasteiger partial charge in [-0.25, -0.2) is 4.98 Å². The molecule has 3 saturated carbocycles. The van der Waals surface area contributed by atoms with E-state index in [9.17, 15) is 24.3 Å². The molecule has 0 aliphatic heterocycles. The molecule has 1 heterocycles. The van der Waals surface area contributed by atoms with Crippen molar-refractivity contribution in [1.82, 2.24) is 14.9 Å². The third-order valence-electron chi connectivity index (χ3n) is 11.0. The van der Waals surface area contributed by atoms with Crippen molar-refractivity contribution < 1.29 is 29.0 Å². The van der Waals surface area contributed by atoms with Crippen LogP contribution in [0.25, 0.3) is 0 Å². The van der Waals surface area contributed by atoms with Gasteiger partial charge in [-0.1, -0.05) is 19.4 Å². The first-order chi connectivity index (χ1) is 19.1. The first-order valence-electron chi connectivity index (χ1n) is 14.9. The molecule has 0 radical (unpaired) electrons. The number of imidazole rings is 1. The molecule has 1 aromatic rings. The fraction of sp³-hybridized carbons (Fsp3) is 0.710. The molecule has 0 bridgehead atoms. The second-order valence-electron chi connectivity index (χ2n) is 12.9. The summed E-state index contributed by atoms with van der Waals surface area (Å²) >= 11 is 0. The third kappa shape index (κ3) is 5.17. The smallest absolute Gasteiger partial charge is 0.306 e. The number of fused-ring (bicyclic) bond motifs is 5. The number of rotatable bonds is 10. The number of amides is 1. The Bertz CT molecular complexity index is 1180. The highest BCUT2D eigenvalue weighted by molar-refractivity contribution is 5.92. The van der Waals surface area contributed by atoms with E-state index < -0.39 is 29.4 Å². The summed E-state index contributed by atoms with van der Waals surface area (Å²) in [6.45, 7) is 5.14. The largest absolute Gasteiger partial charge is 0.458 e. The van der Waals surface area contributed by atoms with Gasteiger partial charge in [-0.05, 0) is 80.6 Å². The fourth-order valence-corrected chi connectivity index (χ4v) is 8.58. The van der Waals surface area contributed by atoms with Crippen LogP contribution in [-0.2, 0) is 30.5 Å². The van der Waals surface area contributed by atoms with E-state index in [4.69, 9.17) is 4.74 Å². The Morgan fingerprint density at radius 3 is 2.67 bits per heavy atom. The molecule has 218 valence electrons. The number of allylic oxidation sites excluding steroid dienone is 1. The van der Waals surface area contributed by atoms with E-state index in [0.29, 0.717) is 31.2 Å². The van der Waals surface area contributed by atoms with Gasteiger partial charge in [0.25, 0.3) is 0 Å². The Labute approximate surface area is 236 Å². The maximum Gasteiger partial charge on any atom is 0.306 e. The van der Waals surface area contributed by atoms with Crippen molar-refractivity contribution in [3.8, 4) is 0 Å². The normalized spacial score (nSPS) is 34.7. The van der Waals surface area contributed by atoms with Gasteiger partial charge in [0.2, 0.25) is 11.7 Å². The van der Waals surface area contributed by atoms with Gasteiger partial charge in [-0.3, -0.25) is 19.2 Å². The topological polar surface area (TPSA) is 128 Å². The van der Waals surface area contributed by atoms with Gasteiger partial charge in [0.1, 0.15) is 5.60 Å². The maximum atomic E-state index is 13.4. The van der Waals surface area contributed by atoms with Crippen LogP contribution >= 0.6 is 0 Å². The van der Waals surface area contributed by atoms with Crippen molar-refractivity contribution in [1.29, 1.82) is 0 Å². The molecule has 4 aliphatic rings. The third-order valence-corrected chi connectivity index (χ3v) is 11.0. The van der Waals surface area contributed by atoms with Gasteiger partial charge in [-0.15, -0.1) is 0 Å². The number of nitrogens with one attached hydrogen (secondary N) is 1. The lowest BCUT2D eigenvalue weighted by molar-refractivity contribution is -0.170. The highest BCUT2D eigenvalue weighted by atomic mass is 16.5. The van der Waals surface area contributed by atoms with Crippen molar-refractivity contribution in [2.24, 2.45) is 28.6 Å². The Morgan fingerprint density at radius 2 is 1.90 bits per heavy atom. The maximum absolute atomic E-state index is 13.4. The second-order valence-corrected chi connectivity index (χ2v) is 12.9. The summed E-state index contributed by atoms with van der Waals surface area (Å²) in [6.07, 6.45) is 14.0. The molecule has 2 N–H and O–H groups in total. The summed E-state index contributed by atoms with van der Waals surface area (Å²) in [6, 6.07) is 0. The fourth-order valence-electron chi connectivity index (χ4n) is 8.58. The molecular weight excluding hydrogens is 510 g/mol. The lowest BCUT2D eigenvalue weighted by Crippen LogP contribution is -2.58. The number of Topliss-reactive ketones (excluding diaryl/α,β-unsaturated/α-hetero) is 1. The van der Waals surface area contributed by atoms with E-state index in [1.165, 1.54) is 5.57 Å². The van der Waals surface area contributed by atoms with Crippen LogP contribution in [0.15, 0.2) is 30.4 Å². The highest BCUT2D eigenvalue weighted by Gasteiger charge is 2.66. The molecule has 1 aromatic heterocycles. The SMILES string of the molecule is C[C@]12CCC(=O)C=C1CC[C@H]1[C@H]2CC[C@@]2(C)[C@@H]1CC[C@]2(O)C(=O)COC(=O)CCC(=O)NCCCn1ccnc1. The molecule has 6 atom stereocenters. The molecule has 3 fully saturated rings. The molecule has 40 heavy (non-hydrogen) atoms.